The van der Waals surface area contributed by atoms with Crippen molar-refractivity contribution in [2.45, 2.75) is 25.2 Å². The summed E-state index contributed by atoms with van der Waals surface area (Å²) in [7, 11) is -1.90. The van der Waals surface area contributed by atoms with E-state index in [1.807, 2.05) is 30.7 Å². The van der Waals surface area contributed by atoms with E-state index < -0.39 is 10.0 Å². The van der Waals surface area contributed by atoms with Crippen molar-refractivity contribution in [3.05, 3.63) is 45.6 Å². The molecule has 0 radical (unpaired) electrons. The molecule has 0 fully saturated rings. The van der Waals surface area contributed by atoms with Crippen molar-refractivity contribution in [3.8, 4) is 5.75 Å². The van der Waals surface area contributed by atoms with Gasteiger partial charge >= 0.3 is 0 Å². The monoisotopic (exact) mass is 325 g/mol. The summed E-state index contributed by atoms with van der Waals surface area (Å²) in [6.07, 6.45) is 0.691. The first kappa shape index (κ1) is 16.0. The summed E-state index contributed by atoms with van der Waals surface area (Å²) in [4.78, 5) is 0.281. The van der Waals surface area contributed by atoms with E-state index >= 15 is 0 Å². The zero-order valence-electron chi connectivity index (χ0n) is 12.3. The zero-order chi connectivity index (χ0) is 15.5. The Bertz CT molecular complexity index is 684. The topological polar surface area (TPSA) is 55.4 Å². The summed E-state index contributed by atoms with van der Waals surface area (Å²) in [5.41, 5.74) is 2.77. The highest BCUT2D eigenvalue weighted by molar-refractivity contribution is 7.89. The van der Waals surface area contributed by atoms with Crippen LogP contribution in [0.2, 0.25) is 0 Å². The van der Waals surface area contributed by atoms with Gasteiger partial charge in [0.25, 0.3) is 0 Å². The molecule has 0 amide bonds. The summed E-state index contributed by atoms with van der Waals surface area (Å²) in [5, 5.41) is 4.01. The maximum Gasteiger partial charge on any atom is 0.240 e. The Labute approximate surface area is 129 Å². The molecule has 0 spiro atoms. The molecule has 1 aromatic carbocycles. The molecule has 1 aromatic heterocycles. The first-order valence-electron chi connectivity index (χ1n) is 6.60. The van der Waals surface area contributed by atoms with Crippen LogP contribution in [0.25, 0.3) is 0 Å². The van der Waals surface area contributed by atoms with E-state index in [0.717, 1.165) is 22.4 Å². The average Bonchev–Trinajstić information content (AvgIpc) is 2.91. The molecule has 0 atom stereocenters. The van der Waals surface area contributed by atoms with Gasteiger partial charge in [-0.15, -0.1) is 0 Å². The van der Waals surface area contributed by atoms with Crippen LogP contribution in [-0.4, -0.2) is 22.1 Å². The van der Waals surface area contributed by atoms with E-state index in [-0.39, 0.29) is 4.90 Å². The molecule has 2 aromatic rings. The first-order chi connectivity index (χ1) is 9.94. The maximum absolute atomic E-state index is 12.3. The van der Waals surface area contributed by atoms with Gasteiger partial charge in [-0.25, -0.2) is 13.1 Å². The van der Waals surface area contributed by atoms with Gasteiger partial charge in [-0.2, -0.15) is 11.3 Å². The summed E-state index contributed by atoms with van der Waals surface area (Å²) in [6.45, 7) is 4.08. The standard InChI is InChI=1S/C15H19NO3S2/c1-11-8-14(9-12(2)15(11)19-3)21(17,18)16-6-4-13-5-7-20-10-13/h5,7-10,16H,4,6H2,1-3H3. The molecule has 0 unspecified atom stereocenters. The third kappa shape index (κ3) is 3.84. The fraction of sp³-hybridized carbons (Fsp3) is 0.333. The van der Waals surface area contributed by atoms with Gasteiger partial charge < -0.3 is 4.74 Å². The van der Waals surface area contributed by atoms with E-state index in [2.05, 4.69) is 4.72 Å². The Morgan fingerprint density at radius 2 is 1.90 bits per heavy atom. The Morgan fingerprint density at radius 3 is 2.43 bits per heavy atom. The highest BCUT2D eigenvalue weighted by Gasteiger charge is 2.16. The van der Waals surface area contributed by atoms with Gasteiger partial charge in [-0.1, -0.05) is 0 Å². The van der Waals surface area contributed by atoms with Gasteiger partial charge in [0.2, 0.25) is 10.0 Å². The number of rotatable bonds is 6. The lowest BCUT2D eigenvalue weighted by Crippen LogP contribution is -2.26. The third-order valence-electron chi connectivity index (χ3n) is 3.23. The molecule has 0 saturated heterocycles. The minimum Gasteiger partial charge on any atom is -0.496 e. The lowest BCUT2D eigenvalue weighted by molar-refractivity contribution is 0.408. The van der Waals surface area contributed by atoms with Gasteiger partial charge in [0.05, 0.1) is 12.0 Å². The highest BCUT2D eigenvalue weighted by Crippen LogP contribution is 2.26. The predicted octanol–water partition coefficient (Wildman–Crippen LogP) is 2.89. The molecule has 0 saturated carbocycles. The van der Waals surface area contributed by atoms with Crippen molar-refractivity contribution < 1.29 is 13.2 Å². The molecule has 0 aliphatic carbocycles. The molecule has 0 bridgehead atoms. The van der Waals surface area contributed by atoms with Crippen LogP contribution >= 0.6 is 11.3 Å². The van der Waals surface area contributed by atoms with Crippen molar-refractivity contribution in [2.24, 2.45) is 0 Å². The SMILES string of the molecule is COc1c(C)cc(S(=O)(=O)NCCc2ccsc2)cc1C. The molecule has 1 N–H and O–H groups in total. The molecule has 4 nitrogen and oxygen atoms in total. The quantitative estimate of drug-likeness (QED) is 0.888. The molecule has 114 valence electrons. The number of hydrogen-bond acceptors (Lipinski definition) is 4. The lowest BCUT2D eigenvalue weighted by atomic mass is 10.1. The van der Waals surface area contributed by atoms with Crippen molar-refractivity contribution in [1.82, 2.24) is 4.72 Å². The van der Waals surface area contributed by atoms with Crippen molar-refractivity contribution in [2.75, 3.05) is 13.7 Å². The largest absolute Gasteiger partial charge is 0.496 e. The highest BCUT2D eigenvalue weighted by atomic mass is 32.2. The minimum absolute atomic E-state index is 0.281. The Morgan fingerprint density at radius 1 is 1.24 bits per heavy atom. The number of methoxy groups -OCH3 is 1. The second-order valence-electron chi connectivity index (χ2n) is 4.87. The number of nitrogens with one attached hydrogen (secondary N) is 1. The number of hydrogen-bond donors (Lipinski definition) is 1. The molecule has 21 heavy (non-hydrogen) atoms. The second-order valence-corrected chi connectivity index (χ2v) is 7.42. The number of thiophene rings is 1. The first-order valence-corrected chi connectivity index (χ1v) is 9.02. The molecular weight excluding hydrogens is 306 g/mol. The Kier molecular flexibility index (Phi) is 5.03. The second kappa shape index (κ2) is 6.60. The van der Waals surface area contributed by atoms with Gasteiger partial charge in [-0.05, 0) is 65.9 Å². The molecule has 6 heteroatoms. The van der Waals surface area contributed by atoms with Gasteiger partial charge in [0.15, 0.2) is 0 Å². The Balaban J connectivity index is 2.12. The minimum atomic E-state index is -3.49. The number of sulfonamides is 1. The van der Waals surface area contributed by atoms with Crippen molar-refractivity contribution >= 4 is 21.4 Å². The number of ether oxygens (including phenoxy) is 1. The zero-order valence-corrected chi connectivity index (χ0v) is 14.0. The smallest absolute Gasteiger partial charge is 0.240 e. The van der Waals surface area contributed by atoms with E-state index in [0.29, 0.717) is 13.0 Å². The van der Waals surface area contributed by atoms with Crippen molar-refractivity contribution in [3.63, 3.8) is 0 Å². The van der Waals surface area contributed by atoms with Crippen LogP contribution in [0.3, 0.4) is 0 Å². The Hall–Kier alpha value is -1.37. The number of aryl methyl sites for hydroxylation is 2. The van der Waals surface area contributed by atoms with Crippen LogP contribution in [0.1, 0.15) is 16.7 Å². The summed E-state index contributed by atoms with van der Waals surface area (Å²) in [6, 6.07) is 5.28. The van der Waals surface area contributed by atoms with Gasteiger partial charge in [-0.3, -0.25) is 0 Å². The molecule has 2 rings (SSSR count). The van der Waals surface area contributed by atoms with E-state index in [4.69, 9.17) is 4.74 Å². The molecule has 1 heterocycles. The fourth-order valence-electron chi connectivity index (χ4n) is 2.24. The van der Waals surface area contributed by atoms with Crippen LogP contribution < -0.4 is 9.46 Å². The van der Waals surface area contributed by atoms with Crippen LogP contribution in [0, 0.1) is 13.8 Å². The van der Waals surface area contributed by atoms with E-state index in [1.54, 1.807) is 30.6 Å². The predicted molar refractivity (Wildman–Crippen MR) is 85.7 cm³/mol. The number of benzene rings is 1. The van der Waals surface area contributed by atoms with Gasteiger partial charge in [0, 0.05) is 6.54 Å². The van der Waals surface area contributed by atoms with E-state index in [1.165, 1.54) is 0 Å². The summed E-state index contributed by atoms with van der Waals surface area (Å²) < 4.78 is 32.5. The van der Waals surface area contributed by atoms with Crippen molar-refractivity contribution in [1.29, 1.82) is 0 Å². The summed E-state index contributed by atoms with van der Waals surface area (Å²) >= 11 is 1.61. The van der Waals surface area contributed by atoms with Crippen LogP contribution in [0.4, 0.5) is 0 Å². The maximum atomic E-state index is 12.3. The van der Waals surface area contributed by atoms with Crippen LogP contribution in [0.5, 0.6) is 5.75 Å². The normalized spacial score (nSPS) is 11.6. The van der Waals surface area contributed by atoms with Gasteiger partial charge in [0.1, 0.15) is 5.75 Å². The molecule has 0 aliphatic rings. The van der Waals surface area contributed by atoms with E-state index in [9.17, 15) is 8.42 Å². The fourth-order valence-corrected chi connectivity index (χ4v) is 4.14. The molecule has 0 aliphatic heterocycles. The third-order valence-corrected chi connectivity index (χ3v) is 5.41. The average molecular weight is 325 g/mol. The summed E-state index contributed by atoms with van der Waals surface area (Å²) in [5.74, 6) is 0.729. The lowest BCUT2D eigenvalue weighted by Gasteiger charge is -2.12. The van der Waals surface area contributed by atoms with Crippen LogP contribution in [0.15, 0.2) is 33.9 Å². The van der Waals surface area contributed by atoms with Crippen LogP contribution in [-0.2, 0) is 16.4 Å². The molecular formula is C15H19NO3S2.